The van der Waals surface area contributed by atoms with Crippen LogP contribution in [0.3, 0.4) is 0 Å². The maximum Gasteiger partial charge on any atom is 0.307 e. The highest BCUT2D eigenvalue weighted by atomic mass is 16.6. The molecule has 1 N–H and O–H groups in total. The Bertz CT molecular complexity index is 194. The van der Waals surface area contributed by atoms with Gasteiger partial charge in [0.2, 0.25) is 0 Å². The Morgan fingerprint density at radius 1 is 1.27 bits per heavy atom. The molecule has 0 aromatic carbocycles. The van der Waals surface area contributed by atoms with Gasteiger partial charge in [0.1, 0.15) is 5.60 Å². The molecule has 0 saturated heterocycles. The van der Waals surface area contributed by atoms with Crippen LogP contribution in [0.15, 0.2) is 0 Å². The molecule has 15 heavy (non-hydrogen) atoms. The molecule has 0 amide bonds. The molecular formula is C12H25NO2. The van der Waals surface area contributed by atoms with Crippen LogP contribution >= 0.6 is 0 Å². The summed E-state index contributed by atoms with van der Waals surface area (Å²) in [7, 11) is 0. The number of hydrogen-bond acceptors (Lipinski definition) is 3. The predicted molar refractivity (Wildman–Crippen MR) is 62.8 cm³/mol. The number of carbonyl (C=O) groups is 1. The molecule has 0 aliphatic carbocycles. The third kappa shape index (κ3) is 8.43. The fourth-order valence-electron chi connectivity index (χ4n) is 1.03. The fourth-order valence-corrected chi connectivity index (χ4v) is 1.03. The Labute approximate surface area is 93.6 Å². The number of rotatable bonds is 5. The van der Waals surface area contributed by atoms with Crippen molar-refractivity contribution in [1.29, 1.82) is 0 Å². The van der Waals surface area contributed by atoms with Gasteiger partial charge in [-0.25, -0.2) is 0 Å². The summed E-state index contributed by atoms with van der Waals surface area (Å²) in [4.78, 5) is 11.3. The zero-order chi connectivity index (χ0) is 12.1. The molecule has 0 saturated carbocycles. The van der Waals surface area contributed by atoms with Crippen molar-refractivity contribution in [3.8, 4) is 0 Å². The van der Waals surface area contributed by atoms with Crippen molar-refractivity contribution in [2.45, 2.75) is 59.6 Å². The van der Waals surface area contributed by atoms with E-state index < -0.39 is 0 Å². The average molecular weight is 215 g/mol. The quantitative estimate of drug-likeness (QED) is 0.715. The SMILES string of the molecule is CC(C)[C@H](C)NCCC(=O)OC(C)(C)C. The van der Waals surface area contributed by atoms with Gasteiger partial charge >= 0.3 is 5.97 Å². The average Bonchev–Trinajstić information content (AvgIpc) is 2.00. The number of nitrogens with one attached hydrogen (secondary N) is 1. The van der Waals surface area contributed by atoms with Crippen LogP contribution in [0.1, 0.15) is 48.0 Å². The number of hydrogen-bond donors (Lipinski definition) is 1. The third-order valence-electron chi connectivity index (χ3n) is 2.22. The van der Waals surface area contributed by atoms with Gasteiger partial charge in [-0.15, -0.1) is 0 Å². The van der Waals surface area contributed by atoms with Crippen molar-refractivity contribution < 1.29 is 9.53 Å². The third-order valence-corrected chi connectivity index (χ3v) is 2.22. The van der Waals surface area contributed by atoms with E-state index in [0.29, 0.717) is 24.9 Å². The van der Waals surface area contributed by atoms with Crippen molar-refractivity contribution >= 4 is 5.97 Å². The minimum Gasteiger partial charge on any atom is -0.460 e. The smallest absolute Gasteiger partial charge is 0.307 e. The Hall–Kier alpha value is -0.570. The lowest BCUT2D eigenvalue weighted by Gasteiger charge is -2.21. The zero-order valence-electron chi connectivity index (χ0n) is 10.9. The maximum absolute atomic E-state index is 11.3. The van der Waals surface area contributed by atoms with Crippen LogP contribution in [-0.4, -0.2) is 24.2 Å². The Morgan fingerprint density at radius 2 is 1.80 bits per heavy atom. The van der Waals surface area contributed by atoms with E-state index in [1.165, 1.54) is 0 Å². The van der Waals surface area contributed by atoms with Gasteiger partial charge in [0, 0.05) is 12.6 Å². The lowest BCUT2D eigenvalue weighted by atomic mass is 10.1. The van der Waals surface area contributed by atoms with E-state index in [0.717, 1.165) is 0 Å². The molecule has 0 spiro atoms. The first-order valence-corrected chi connectivity index (χ1v) is 5.67. The van der Waals surface area contributed by atoms with E-state index >= 15 is 0 Å². The van der Waals surface area contributed by atoms with Gasteiger partial charge in [-0.05, 0) is 33.6 Å². The zero-order valence-corrected chi connectivity index (χ0v) is 10.9. The van der Waals surface area contributed by atoms with Gasteiger partial charge in [0.05, 0.1) is 6.42 Å². The summed E-state index contributed by atoms with van der Waals surface area (Å²) in [5, 5.41) is 3.30. The second-order valence-corrected chi connectivity index (χ2v) is 5.32. The second-order valence-electron chi connectivity index (χ2n) is 5.32. The first-order valence-electron chi connectivity index (χ1n) is 5.67. The first kappa shape index (κ1) is 14.4. The van der Waals surface area contributed by atoms with E-state index in [9.17, 15) is 4.79 Å². The standard InChI is InChI=1S/C12H25NO2/c1-9(2)10(3)13-8-7-11(14)15-12(4,5)6/h9-10,13H,7-8H2,1-6H3/t10-/m0/s1. The van der Waals surface area contributed by atoms with Gasteiger partial charge in [-0.2, -0.15) is 0 Å². The van der Waals surface area contributed by atoms with Crippen molar-refractivity contribution in [1.82, 2.24) is 5.32 Å². The van der Waals surface area contributed by atoms with Crippen LogP contribution in [0.25, 0.3) is 0 Å². The van der Waals surface area contributed by atoms with Gasteiger partial charge < -0.3 is 10.1 Å². The summed E-state index contributed by atoms with van der Waals surface area (Å²) < 4.78 is 5.20. The molecule has 0 radical (unpaired) electrons. The topological polar surface area (TPSA) is 38.3 Å². The fraction of sp³-hybridized carbons (Fsp3) is 0.917. The molecule has 3 nitrogen and oxygen atoms in total. The van der Waals surface area contributed by atoms with Gasteiger partial charge in [-0.3, -0.25) is 4.79 Å². The van der Waals surface area contributed by atoms with Crippen molar-refractivity contribution in [3.63, 3.8) is 0 Å². The molecule has 0 rings (SSSR count). The summed E-state index contributed by atoms with van der Waals surface area (Å²) in [6.45, 7) is 12.8. The monoisotopic (exact) mass is 215 g/mol. The summed E-state index contributed by atoms with van der Waals surface area (Å²) in [6, 6.07) is 0.437. The summed E-state index contributed by atoms with van der Waals surface area (Å²) in [5.41, 5.74) is -0.374. The predicted octanol–water partition coefficient (Wildman–Crippen LogP) is 2.35. The summed E-state index contributed by atoms with van der Waals surface area (Å²) in [5.74, 6) is 0.453. The van der Waals surface area contributed by atoms with Crippen LogP contribution in [0.4, 0.5) is 0 Å². The Balaban J connectivity index is 3.65. The summed E-state index contributed by atoms with van der Waals surface area (Å²) >= 11 is 0. The highest BCUT2D eigenvalue weighted by Gasteiger charge is 2.16. The molecule has 0 fully saturated rings. The molecule has 0 heterocycles. The lowest BCUT2D eigenvalue weighted by Crippen LogP contribution is -2.33. The molecule has 0 bridgehead atoms. The maximum atomic E-state index is 11.3. The Kier molecular flexibility index (Phi) is 5.88. The van der Waals surface area contributed by atoms with E-state index in [1.54, 1.807) is 0 Å². The molecule has 0 aromatic rings. The van der Waals surface area contributed by atoms with Crippen LogP contribution in [0, 0.1) is 5.92 Å². The lowest BCUT2D eigenvalue weighted by molar-refractivity contribution is -0.154. The van der Waals surface area contributed by atoms with Crippen molar-refractivity contribution in [3.05, 3.63) is 0 Å². The molecule has 0 aliphatic rings. The normalized spacial score (nSPS) is 14.1. The van der Waals surface area contributed by atoms with Crippen LogP contribution < -0.4 is 5.32 Å². The molecule has 1 atom stereocenters. The number of esters is 1. The van der Waals surface area contributed by atoms with Crippen molar-refractivity contribution in [2.24, 2.45) is 5.92 Å². The minimum absolute atomic E-state index is 0.133. The van der Waals surface area contributed by atoms with Gasteiger partial charge in [0.25, 0.3) is 0 Å². The summed E-state index contributed by atoms with van der Waals surface area (Å²) in [6.07, 6.45) is 0.439. The highest BCUT2D eigenvalue weighted by molar-refractivity contribution is 5.70. The molecule has 0 unspecified atom stereocenters. The van der Waals surface area contributed by atoms with Crippen LogP contribution in [-0.2, 0) is 9.53 Å². The molecular weight excluding hydrogens is 190 g/mol. The minimum atomic E-state index is -0.374. The molecule has 90 valence electrons. The largest absolute Gasteiger partial charge is 0.460 e. The van der Waals surface area contributed by atoms with Crippen LogP contribution in [0.5, 0.6) is 0 Å². The van der Waals surface area contributed by atoms with E-state index in [4.69, 9.17) is 4.74 Å². The van der Waals surface area contributed by atoms with E-state index in [2.05, 4.69) is 26.1 Å². The van der Waals surface area contributed by atoms with Crippen molar-refractivity contribution in [2.75, 3.05) is 6.54 Å². The second kappa shape index (κ2) is 6.11. The van der Waals surface area contributed by atoms with Gasteiger partial charge in [-0.1, -0.05) is 13.8 Å². The Morgan fingerprint density at radius 3 is 2.20 bits per heavy atom. The highest BCUT2D eigenvalue weighted by Crippen LogP contribution is 2.08. The number of carbonyl (C=O) groups excluding carboxylic acids is 1. The van der Waals surface area contributed by atoms with E-state index in [-0.39, 0.29) is 11.6 Å². The molecule has 0 aliphatic heterocycles. The molecule has 0 aromatic heterocycles. The van der Waals surface area contributed by atoms with Crippen LogP contribution in [0.2, 0.25) is 0 Å². The molecule has 3 heteroatoms. The first-order chi connectivity index (χ1) is 6.72. The van der Waals surface area contributed by atoms with E-state index in [1.807, 2.05) is 20.8 Å². The number of ether oxygens (including phenoxy) is 1. The van der Waals surface area contributed by atoms with Gasteiger partial charge in [0.15, 0.2) is 0 Å².